The number of carboxylic acid groups (broad SMARTS) is 1. The summed E-state index contributed by atoms with van der Waals surface area (Å²) in [4.78, 5) is 10.8. The Bertz CT molecular complexity index is 607. The Kier molecular flexibility index (Phi) is 4.29. The largest absolute Gasteiger partial charge is 0.495 e. The zero-order valence-corrected chi connectivity index (χ0v) is 11.9. The number of nitrogens with one attached hydrogen (secondary N) is 1. The summed E-state index contributed by atoms with van der Waals surface area (Å²) >= 11 is 0. The predicted octanol–water partition coefficient (Wildman–Crippen LogP) is 1.47. The molecule has 1 aliphatic carbocycles. The minimum Gasteiger partial charge on any atom is -0.495 e. The minimum atomic E-state index is -3.68. The van der Waals surface area contributed by atoms with Gasteiger partial charge in [0.25, 0.3) is 0 Å². The fourth-order valence-electron chi connectivity index (χ4n) is 1.90. The summed E-state index contributed by atoms with van der Waals surface area (Å²) in [6, 6.07) is 3.71. The molecule has 20 heavy (non-hydrogen) atoms. The molecule has 0 bridgehead atoms. The lowest BCUT2D eigenvalue weighted by Gasteiger charge is -2.11. The molecule has 1 aromatic carbocycles. The summed E-state index contributed by atoms with van der Waals surface area (Å²) in [7, 11) is -2.37. The molecule has 2 rings (SSSR count). The Morgan fingerprint density at radius 1 is 1.45 bits per heavy atom. The van der Waals surface area contributed by atoms with Gasteiger partial charge in [0.15, 0.2) is 0 Å². The highest BCUT2D eigenvalue weighted by Gasteiger charge is 2.24. The third-order valence-electron chi connectivity index (χ3n) is 3.24. The maximum absolute atomic E-state index is 12.2. The molecule has 0 radical (unpaired) electrons. The Hall–Kier alpha value is -1.60. The second kappa shape index (κ2) is 5.80. The topological polar surface area (TPSA) is 92.7 Å². The Morgan fingerprint density at radius 2 is 2.15 bits per heavy atom. The number of methoxy groups -OCH3 is 1. The van der Waals surface area contributed by atoms with Gasteiger partial charge in [-0.25, -0.2) is 17.9 Å². The Labute approximate surface area is 117 Å². The van der Waals surface area contributed by atoms with E-state index in [1.165, 1.54) is 38.2 Å². The van der Waals surface area contributed by atoms with E-state index in [0.29, 0.717) is 12.5 Å². The van der Waals surface area contributed by atoms with Gasteiger partial charge in [-0.2, -0.15) is 0 Å². The van der Waals surface area contributed by atoms with Crippen LogP contribution in [0.2, 0.25) is 0 Å². The molecule has 1 aliphatic rings. The van der Waals surface area contributed by atoms with Crippen molar-refractivity contribution in [3.05, 3.63) is 23.8 Å². The molecule has 2 N–H and O–H groups in total. The molecule has 0 aliphatic heterocycles. The van der Waals surface area contributed by atoms with Crippen LogP contribution in [0.5, 0.6) is 5.75 Å². The molecule has 0 unspecified atom stereocenters. The zero-order chi connectivity index (χ0) is 14.8. The molecule has 0 aromatic heterocycles. The third-order valence-corrected chi connectivity index (χ3v) is 4.74. The van der Waals surface area contributed by atoms with Crippen LogP contribution in [0.3, 0.4) is 0 Å². The molecule has 0 saturated heterocycles. The van der Waals surface area contributed by atoms with Gasteiger partial charge in [0.2, 0.25) is 10.0 Å². The first-order valence-electron chi connectivity index (χ1n) is 6.35. The fraction of sp³-hybridized carbons (Fsp3) is 0.462. The monoisotopic (exact) mass is 299 g/mol. The summed E-state index contributed by atoms with van der Waals surface area (Å²) in [6.45, 7) is 0.386. The van der Waals surface area contributed by atoms with Crippen molar-refractivity contribution in [1.29, 1.82) is 0 Å². The molecule has 0 atom stereocenters. The van der Waals surface area contributed by atoms with Gasteiger partial charge in [-0.3, -0.25) is 0 Å². The van der Waals surface area contributed by atoms with Crippen molar-refractivity contribution in [1.82, 2.24) is 4.72 Å². The smallest absolute Gasteiger partial charge is 0.335 e. The molecule has 7 heteroatoms. The standard InChI is InChI=1S/C13H17NO5S/c1-19-11-8-10(13(15)16)4-5-12(11)20(17,18)14-7-6-9-2-3-9/h4-5,8-9,14H,2-3,6-7H2,1H3,(H,15,16). The second-order valence-electron chi connectivity index (χ2n) is 4.80. The van der Waals surface area contributed by atoms with Crippen molar-refractivity contribution in [2.75, 3.05) is 13.7 Å². The van der Waals surface area contributed by atoms with Crippen LogP contribution in [0.15, 0.2) is 23.1 Å². The van der Waals surface area contributed by atoms with Crippen molar-refractivity contribution in [2.24, 2.45) is 5.92 Å². The number of carbonyl (C=O) groups is 1. The first kappa shape index (κ1) is 14.8. The number of hydrogen-bond donors (Lipinski definition) is 2. The van der Waals surface area contributed by atoms with E-state index in [1.54, 1.807) is 0 Å². The summed E-state index contributed by atoms with van der Waals surface area (Å²) < 4.78 is 31.8. The minimum absolute atomic E-state index is 0.0150. The Morgan fingerprint density at radius 3 is 2.70 bits per heavy atom. The highest BCUT2D eigenvalue weighted by atomic mass is 32.2. The number of rotatable bonds is 7. The van der Waals surface area contributed by atoms with E-state index < -0.39 is 16.0 Å². The predicted molar refractivity (Wildman–Crippen MR) is 72.5 cm³/mol. The lowest BCUT2D eigenvalue weighted by Crippen LogP contribution is -2.25. The average Bonchev–Trinajstić information content (AvgIpc) is 3.21. The van der Waals surface area contributed by atoms with Gasteiger partial charge in [-0.05, 0) is 30.5 Å². The van der Waals surface area contributed by atoms with Crippen molar-refractivity contribution in [2.45, 2.75) is 24.2 Å². The molecule has 1 saturated carbocycles. The first-order chi connectivity index (χ1) is 9.44. The van der Waals surface area contributed by atoms with Crippen LogP contribution >= 0.6 is 0 Å². The van der Waals surface area contributed by atoms with Gasteiger partial charge >= 0.3 is 5.97 Å². The molecule has 0 amide bonds. The average molecular weight is 299 g/mol. The molecule has 0 heterocycles. The van der Waals surface area contributed by atoms with Crippen molar-refractivity contribution in [3.8, 4) is 5.75 Å². The van der Waals surface area contributed by atoms with Crippen LogP contribution in [0.4, 0.5) is 0 Å². The van der Waals surface area contributed by atoms with E-state index >= 15 is 0 Å². The van der Waals surface area contributed by atoms with Crippen LogP contribution in [-0.4, -0.2) is 33.1 Å². The number of carboxylic acids is 1. The highest BCUT2D eigenvalue weighted by molar-refractivity contribution is 7.89. The SMILES string of the molecule is COc1cc(C(=O)O)ccc1S(=O)(=O)NCCC1CC1. The molecular weight excluding hydrogens is 282 g/mol. The van der Waals surface area contributed by atoms with E-state index in [1.807, 2.05) is 0 Å². The van der Waals surface area contributed by atoms with E-state index in [2.05, 4.69) is 4.72 Å². The van der Waals surface area contributed by atoms with E-state index in [-0.39, 0.29) is 16.2 Å². The van der Waals surface area contributed by atoms with Gasteiger partial charge < -0.3 is 9.84 Å². The third kappa shape index (κ3) is 3.49. The molecule has 1 fully saturated rings. The van der Waals surface area contributed by atoms with E-state index in [0.717, 1.165) is 6.42 Å². The van der Waals surface area contributed by atoms with Gasteiger partial charge in [-0.15, -0.1) is 0 Å². The number of benzene rings is 1. The van der Waals surface area contributed by atoms with Gasteiger partial charge in [0.1, 0.15) is 10.6 Å². The molecule has 6 nitrogen and oxygen atoms in total. The van der Waals surface area contributed by atoms with Crippen LogP contribution in [0, 0.1) is 5.92 Å². The van der Waals surface area contributed by atoms with Crippen molar-refractivity contribution >= 4 is 16.0 Å². The number of aromatic carboxylic acids is 1. The van der Waals surface area contributed by atoms with Crippen LogP contribution in [-0.2, 0) is 10.0 Å². The summed E-state index contributed by atoms with van der Waals surface area (Å²) in [5, 5.41) is 8.89. The molecular formula is C13H17NO5S. The number of ether oxygens (including phenoxy) is 1. The molecule has 1 aromatic rings. The van der Waals surface area contributed by atoms with Crippen molar-refractivity contribution in [3.63, 3.8) is 0 Å². The maximum atomic E-state index is 12.2. The number of hydrogen-bond acceptors (Lipinski definition) is 4. The normalized spacial score (nSPS) is 15.1. The lowest BCUT2D eigenvalue weighted by molar-refractivity contribution is 0.0696. The molecule has 110 valence electrons. The lowest BCUT2D eigenvalue weighted by atomic mass is 10.2. The van der Waals surface area contributed by atoms with E-state index in [4.69, 9.17) is 9.84 Å². The highest BCUT2D eigenvalue weighted by Crippen LogP contribution is 2.32. The maximum Gasteiger partial charge on any atom is 0.335 e. The van der Waals surface area contributed by atoms with Gasteiger partial charge in [0.05, 0.1) is 12.7 Å². The van der Waals surface area contributed by atoms with Gasteiger partial charge in [-0.1, -0.05) is 12.8 Å². The van der Waals surface area contributed by atoms with Crippen LogP contribution in [0.1, 0.15) is 29.6 Å². The Balaban J connectivity index is 2.18. The van der Waals surface area contributed by atoms with Crippen molar-refractivity contribution < 1.29 is 23.1 Å². The second-order valence-corrected chi connectivity index (χ2v) is 6.54. The molecule has 0 spiro atoms. The summed E-state index contributed by atoms with van der Waals surface area (Å²) in [6.07, 6.45) is 3.16. The van der Waals surface area contributed by atoms with Crippen LogP contribution < -0.4 is 9.46 Å². The van der Waals surface area contributed by atoms with E-state index in [9.17, 15) is 13.2 Å². The quantitative estimate of drug-likeness (QED) is 0.795. The summed E-state index contributed by atoms with van der Waals surface area (Å²) in [5.74, 6) is -0.466. The van der Waals surface area contributed by atoms with Crippen LogP contribution in [0.25, 0.3) is 0 Å². The first-order valence-corrected chi connectivity index (χ1v) is 7.83. The zero-order valence-electron chi connectivity index (χ0n) is 11.1. The fourth-order valence-corrected chi connectivity index (χ4v) is 3.10. The number of sulfonamides is 1. The van der Waals surface area contributed by atoms with Gasteiger partial charge in [0, 0.05) is 6.54 Å². The summed E-state index contributed by atoms with van der Waals surface area (Å²) in [5.41, 5.74) is -0.0150.